The Kier molecular flexibility index (Phi) is 5.97. The van der Waals surface area contributed by atoms with Gasteiger partial charge in [0.25, 0.3) is 5.91 Å². The van der Waals surface area contributed by atoms with E-state index in [0.29, 0.717) is 12.0 Å². The number of benzene rings is 2. The fourth-order valence-corrected chi connectivity index (χ4v) is 3.64. The predicted octanol–water partition coefficient (Wildman–Crippen LogP) is 2.80. The van der Waals surface area contributed by atoms with Crippen LogP contribution in [0.2, 0.25) is 0 Å². The van der Waals surface area contributed by atoms with Gasteiger partial charge in [0, 0.05) is 0 Å². The number of hydrogen-bond acceptors (Lipinski definition) is 5. The molecule has 0 radical (unpaired) electrons. The first-order valence-electron chi connectivity index (χ1n) is 9.54. The number of ether oxygens (including phenoxy) is 2. The molecule has 2 aromatic carbocycles. The van der Waals surface area contributed by atoms with Gasteiger partial charge in [-0.25, -0.2) is 9.59 Å². The topological polar surface area (TPSA) is 81.7 Å². The number of methoxy groups -OCH3 is 1. The van der Waals surface area contributed by atoms with Crippen molar-refractivity contribution in [1.82, 2.24) is 5.32 Å². The second kappa shape index (κ2) is 8.42. The summed E-state index contributed by atoms with van der Waals surface area (Å²) in [4.78, 5) is 36.7. The normalized spacial score (nSPS) is 14.4. The highest BCUT2D eigenvalue weighted by Crippen LogP contribution is 2.32. The first-order chi connectivity index (χ1) is 13.5. The lowest BCUT2D eigenvalue weighted by atomic mass is 9.99. The van der Waals surface area contributed by atoms with E-state index in [1.807, 2.05) is 32.0 Å². The molecule has 0 saturated carbocycles. The molecule has 0 saturated heterocycles. The summed E-state index contributed by atoms with van der Waals surface area (Å²) in [6, 6.07) is 8.85. The maximum Gasteiger partial charge on any atom is 0.339 e. The van der Waals surface area contributed by atoms with Crippen LogP contribution >= 0.6 is 0 Å². The number of hydrogen-bond donors (Lipinski definition) is 1. The Labute approximate surface area is 164 Å². The molecule has 148 valence electrons. The summed E-state index contributed by atoms with van der Waals surface area (Å²) in [6.07, 6.45) is 2.64. The van der Waals surface area contributed by atoms with E-state index in [4.69, 9.17) is 9.47 Å². The number of carbonyl (C=O) groups excluding carboxylic acids is 3. The Balaban J connectivity index is 1.68. The third-order valence-corrected chi connectivity index (χ3v) is 5.42. The smallest absolute Gasteiger partial charge is 0.339 e. The van der Waals surface area contributed by atoms with Gasteiger partial charge in [0.2, 0.25) is 0 Å². The van der Waals surface area contributed by atoms with Crippen LogP contribution in [0.3, 0.4) is 0 Å². The van der Waals surface area contributed by atoms with E-state index in [2.05, 4.69) is 11.4 Å². The second-order valence-corrected chi connectivity index (χ2v) is 7.14. The minimum Gasteiger partial charge on any atom is -0.467 e. The molecule has 0 aromatic heterocycles. The largest absolute Gasteiger partial charge is 0.467 e. The molecule has 0 spiro atoms. The van der Waals surface area contributed by atoms with Crippen LogP contribution in [0.4, 0.5) is 0 Å². The predicted molar refractivity (Wildman–Crippen MR) is 105 cm³/mol. The van der Waals surface area contributed by atoms with Crippen LogP contribution in [0.15, 0.2) is 30.3 Å². The number of rotatable bonds is 7. The number of carbonyl (C=O) groups is 3. The molecule has 1 amide bonds. The molecule has 0 bridgehead atoms. The summed E-state index contributed by atoms with van der Waals surface area (Å²) in [7, 11) is 1.28. The molecule has 1 aliphatic carbocycles. The van der Waals surface area contributed by atoms with Crippen molar-refractivity contribution in [3.05, 3.63) is 47.0 Å². The van der Waals surface area contributed by atoms with Gasteiger partial charge in [0.1, 0.15) is 6.04 Å². The molecule has 0 aliphatic heterocycles. The van der Waals surface area contributed by atoms with Crippen LogP contribution in [0.1, 0.15) is 41.8 Å². The molecular weight excluding hydrogens is 358 g/mol. The zero-order chi connectivity index (χ0) is 20.3. The monoisotopic (exact) mass is 383 g/mol. The van der Waals surface area contributed by atoms with E-state index >= 15 is 0 Å². The molecule has 3 rings (SSSR count). The first kappa shape index (κ1) is 19.9. The molecule has 6 nitrogen and oxygen atoms in total. The number of amides is 1. The molecule has 0 fully saturated rings. The van der Waals surface area contributed by atoms with Crippen LogP contribution in [0.5, 0.6) is 0 Å². The minimum atomic E-state index is -0.766. The Bertz CT molecular complexity index is 910. The molecule has 0 heterocycles. The lowest BCUT2D eigenvalue weighted by Crippen LogP contribution is -2.47. The highest BCUT2D eigenvalue weighted by atomic mass is 16.5. The summed E-state index contributed by atoms with van der Waals surface area (Å²) in [6.45, 7) is 3.31. The van der Waals surface area contributed by atoms with Gasteiger partial charge in [0.15, 0.2) is 6.61 Å². The van der Waals surface area contributed by atoms with Crippen LogP contribution in [-0.2, 0) is 31.9 Å². The van der Waals surface area contributed by atoms with Crippen molar-refractivity contribution >= 4 is 28.6 Å². The molecular formula is C22H25NO5. The fraction of sp³-hybridized carbons (Fsp3) is 0.409. The lowest BCUT2D eigenvalue weighted by molar-refractivity contribution is -0.147. The summed E-state index contributed by atoms with van der Waals surface area (Å²) < 4.78 is 9.97. The third kappa shape index (κ3) is 3.86. The van der Waals surface area contributed by atoms with Crippen LogP contribution in [-0.4, -0.2) is 37.6 Å². The molecule has 0 unspecified atom stereocenters. The summed E-state index contributed by atoms with van der Waals surface area (Å²) >= 11 is 0. The summed E-state index contributed by atoms with van der Waals surface area (Å²) in [5, 5.41) is 4.57. The van der Waals surface area contributed by atoms with Crippen molar-refractivity contribution < 1.29 is 23.9 Å². The Morgan fingerprint density at radius 3 is 2.50 bits per heavy atom. The fourth-order valence-electron chi connectivity index (χ4n) is 3.64. The van der Waals surface area contributed by atoms with Gasteiger partial charge in [-0.2, -0.15) is 0 Å². The molecule has 6 heteroatoms. The summed E-state index contributed by atoms with van der Waals surface area (Å²) in [5.74, 6) is -1.69. The molecule has 28 heavy (non-hydrogen) atoms. The van der Waals surface area contributed by atoms with Gasteiger partial charge in [0.05, 0.1) is 12.7 Å². The number of aryl methyl sites for hydroxylation is 2. The van der Waals surface area contributed by atoms with Crippen molar-refractivity contribution in [2.75, 3.05) is 13.7 Å². The van der Waals surface area contributed by atoms with Crippen molar-refractivity contribution in [1.29, 1.82) is 0 Å². The van der Waals surface area contributed by atoms with Crippen molar-refractivity contribution in [3.8, 4) is 0 Å². The lowest BCUT2D eigenvalue weighted by Gasteiger charge is -2.21. The van der Waals surface area contributed by atoms with Crippen molar-refractivity contribution in [2.24, 2.45) is 5.92 Å². The zero-order valence-corrected chi connectivity index (χ0v) is 16.4. The van der Waals surface area contributed by atoms with Gasteiger partial charge in [-0.3, -0.25) is 4.79 Å². The van der Waals surface area contributed by atoms with Crippen LogP contribution < -0.4 is 5.32 Å². The molecule has 2 atom stereocenters. The average Bonchev–Trinajstić information content (AvgIpc) is 3.14. The Morgan fingerprint density at radius 1 is 1.11 bits per heavy atom. The van der Waals surface area contributed by atoms with Gasteiger partial charge in [-0.05, 0) is 46.7 Å². The van der Waals surface area contributed by atoms with E-state index in [0.717, 1.165) is 23.6 Å². The van der Waals surface area contributed by atoms with Crippen molar-refractivity contribution in [2.45, 2.75) is 39.2 Å². The van der Waals surface area contributed by atoms with E-state index in [-0.39, 0.29) is 5.92 Å². The van der Waals surface area contributed by atoms with Crippen molar-refractivity contribution in [3.63, 3.8) is 0 Å². The maximum atomic E-state index is 12.6. The number of nitrogens with one attached hydrogen (secondary N) is 1. The average molecular weight is 383 g/mol. The van der Waals surface area contributed by atoms with E-state index in [1.54, 1.807) is 6.07 Å². The highest BCUT2D eigenvalue weighted by molar-refractivity contribution is 6.07. The highest BCUT2D eigenvalue weighted by Gasteiger charge is 2.27. The van der Waals surface area contributed by atoms with Gasteiger partial charge < -0.3 is 14.8 Å². The molecule has 1 N–H and O–H groups in total. The van der Waals surface area contributed by atoms with E-state index < -0.39 is 30.5 Å². The van der Waals surface area contributed by atoms with Gasteiger partial charge in [-0.15, -0.1) is 0 Å². The minimum absolute atomic E-state index is 0.0939. The summed E-state index contributed by atoms with van der Waals surface area (Å²) in [5.41, 5.74) is 2.91. The van der Waals surface area contributed by atoms with Gasteiger partial charge >= 0.3 is 11.9 Å². The molecule has 1 aliphatic rings. The van der Waals surface area contributed by atoms with E-state index in [9.17, 15) is 14.4 Å². The Hall–Kier alpha value is -2.89. The van der Waals surface area contributed by atoms with Crippen LogP contribution in [0.25, 0.3) is 10.8 Å². The van der Waals surface area contributed by atoms with Crippen LogP contribution in [0, 0.1) is 5.92 Å². The van der Waals surface area contributed by atoms with Gasteiger partial charge in [-0.1, -0.05) is 44.5 Å². The second-order valence-electron chi connectivity index (χ2n) is 7.14. The SMILES string of the molecule is CC[C@@H](C)[C@@H](NC(=O)COC(=O)c1ccc2c3c(cccc13)CC2)C(=O)OC. The Morgan fingerprint density at radius 2 is 1.82 bits per heavy atom. The standard InChI is InChI=1S/C22H25NO5/c1-4-13(2)20(22(26)27-3)23-18(24)12-28-21(25)17-11-10-15-9-8-14-6-5-7-16(17)19(14)15/h5-7,10-11,13,20H,4,8-9,12H2,1-3H3,(H,23,24)/t13-,20-/m1/s1. The maximum absolute atomic E-state index is 12.6. The zero-order valence-electron chi connectivity index (χ0n) is 16.4. The third-order valence-electron chi connectivity index (χ3n) is 5.42. The first-order valence-corrected chi connectivity index (χ1v) is 9.54. The molecule has 2 aromatic rings. The number of esters is 2. The van der Waals surface area contributed by atoms with E-state index in [1.165, 1.54) is 18.2 Å². The quantitative estimate of drug-likeness (QED) is 0.744.